The van der Waals surface area contributed by atoms with E-state index in [1.54, 1.807) is 19.5 Å². The second-order valence-corrected chi connectivity index (χ2v) is 8.59. The van der Waals surface area contributed by atoms with Gasteiger partial charge in [0.05, 0.1) is 49.4 Å². The lowest BCUT2D eigenvalue weighted by atomic mass is 10.2. The number of rotatable bonds is 7. The van der Waals surface area contributed by atoms with Crippen molar-refractivity contribution >= 4 is 22.5 Å². The monoisotopic (exact) mass is 482 g/mol. The Morgan fingerprint density at radius 1 is 1.06 bits per heavy atom. The number of anilines is 2. The largest absolute Gasteiger partial charge is 0.491 e. The SMILES string of the molecule is COc1cnc(-c2ccccc2)nc1Nc1cn[nH]c1-c1nc2ccc(CN3CCOCC3)cc2[nH]1. The Labute approximate surface area is 207 Å². The Morgan fingerprint density at radius 3 is 2.75 bits per heavy atom. The van der Waals surface area contributed by atoms with Gasteiger partial charge in [0.15, 0.2) is 23.2 Å². The Hall–Kier alpha value is -4.28. The minimum atomic E-state index is 0.527. The molecule has 5 aromatic rings. The summed E-state index contributed by atoms with van der Waals surface area (Å²) in [5.74, 6) is 2.35. The van der Waals surface area contributed by atoms with Crippen LogP contribution in [0.2, 0.25) is 0 Å². The molecule has 36 heavy (non-hydrogen) atoms. The number of ether oxygens (including phenoxy) is 2. The van der Waals surface area contributed by atoms with Gasteiger partial charge in [0.25, 0.3) is 0 Å². The number of hydrogen-bond donors (Lipinski definition) is 3. The summed E-state index contributed by atoms with van der Waals surface area (Å²) in [5.41, 5.74) is 5.47. The number of fused-ring (bicyclic) bond motifs is 1. The number of imidazole rings is 1. The van der Waals surface area contributed by atoms with E-state index in [2.05, 4.69) is 42.5 Å². The topological polar surface area (TPSA) is 117 Å². The van der Waals surface area contributed by atoms with Crippen molar-refractivity contribution in [3.63, 3.8) is 0 Å². The first-order chi connectivity index (χ1) is 17.8. The number of benzene rings is 2. The molecular formula is C26H26N8O2. The van der Waals surface area contributed by atoms with Crippen LogP contribution < -0.4 is 10.1 Å². The third kappa shape index (κ3) is 4.51. The molecule has 0 saturated carbocycles. The van der Waals surface area contributed by atoms with Crippen LogP contribution in [0.3, 0.4) is 0 Å². The van der Waals surface area contributed by atoms with E-state index in [1.807, 2.05) is 36.4 Å². The zero-order valence-corrected chi connectivity index (χ0v) is 19.9. The summed E-state index contributed by atoms with van der Waals surface area (Å²) in [4.78, 5) is 19.8. The van der Waals surface area contributed by atoms with Gasteiger partial charge in [-0.05, 0) is 17.7 Å². The number of aromatic amines is 2. The molecule has 2 aromatic carbocycles. The molecule has 0 aliphatic carbocycles. The molecule has 10 heteroatoms. The van der Waals surface area contributed by atoms with Crippen molar-refractivity contribution in [3.8, 4) is 28.7 Å². The van der Waals surface area contributed by atoms with Gasteiger partial charge in [-0.15, -0.1) is 0 Å². The second kappa shape index (κ2) is 9.76. The molecular weight excluding hydrogens is 456 g/mol. The minimum absolute atomic E-state index is 0.527. The molecule has 1 fully saturated rings. The van der Waals surface area contributed by atoms with Gasteiger partial charge in [0.2, 0.25) is 0 Å². The molecule has 3 N–H and O–H groups in total. The number of nitrogens with zero attached hydrogens (tertiary/aromatic N) is 5. The number of morpholine rings is 1. The van der Waals surface area contributed by atoms with Crippen molar-refractivity contribution in [3.05, 3.63) is 66.5 Å². The molecule has 0 bridgehead atoms. The number of H-pyrrole nitrogens is 2. The van der Waals surface area contributed by atoms with E-state index < -0.39 is 0 Å². The Morgan fingerprint density at radius 2 is 1.92 bits per heavy atom. The van der Waals surface area contributed by atoms with Crippen LogP contribution in [0.5, 0.6) is 5.75 Å². The Balaban J connectivity index is 1.28. The van der Waals surface area contributed by atoms with Crippen molar-refractivity contribution in [2.75, 3.05) is 38.7 Å². The van der Waals surface area contributed by atoms with Crippen LogP contribution >= 0.6 is 0 Å². The minimum Gasteiger partial charge on any atom is -0.491 e. The smallest absolute Gasteiger partial charge is 0.179 e. The lowest BCUT2D eigenvalue weighted by molar-refractivity contribution is 0.0342. The molecule has 6 rings (SSSR count). The van der Waals surface area contributed by atoms with E-state index >= 15 is 0 Å². The number of hydrogen-bond acceptors (Lipinski definition) is 8. The van der Waals surface area contributed by atoms with Gasteiger partial charge in [0, 0.05) is 25.2 Å². The molecule has 0 unspecified atom stereocenters. The van der Waals surface area contributed by atoms with E-state index in [0.29, 0.717) is 23.2 Å². The molecule has 182 valence electrons. The maximum absolute atomic E-state index is 5.50. The van der Waals surface area contributed by atoms with Gasteiger partial charge >= 0.3 is 0 Å². The van der Waals surface area contributed by atoms with Crippen LogP contribution in [-0.2, 0) is 11.3 Å². The molecule has 1 aliphatic heterocycles. The van der Waals surface area contributed by atoms with Crippen LogP contribution in [0.25, 0.3) is 33.9 Å². The molecule has 0 radical (unpaired) electrons. The molecule has 0 amide bonds. The number of nitrogens with one attached hydrogen (secondary N) is 3. The predicted octanol–water partition coefficient (Wildman–Crippen LogP) is 3.99. The Bertz CT molecular complexity index is 1470. The van der Waals surface area contributed by atoms with E-state index in [1.165, 1.54) is 5.56 Å². The molecule has 4 heterocycles. The van der Waals surface area contributed by atoms with E-state index in [-0.39, 0.29) is 0 Å². The number of methoxy groups -OCH3 is 1. The molecule has 0 atom stereocenters. The third-order valence-electron chi connectivity index (χ3n) is 6.19. The van der Waals surface area contributed by atoms with Gasteiger partial charge in [-0.3, -0.25) is 10.00 Å². The summed E-state index contributed by atoms with van der Waals surface area (Å²) in [6, 6.07) is 16.1. The standard InChI is InChI=1S/C26H26N8O2/c1-35-22-15-27-24(18-5-3-2-4-6-18)32-25(22)31-21-14-28-33-23(21)26-29-19-8-7-17(13-20(19)30-26)16-34-9-11-36-12-10-34/h2-8,13-15H,9-12,16H2,1H3,(H,28,33)(H,29,30)(H,27,31,32). The average Bonchev–Trinajstić information content (AvgIpc) is 3.56. The van der Waals surface area contributed by atoms with Crippen molar-refractivity contribution in [2.45, 2.75) is 6.54 Å². The first-order valence-corrected chi connectivity index (χ1v) is 11.8. The summed E-state index contributed by atoms with van der Waals surface area (Å²) in [6.45, 7) is 4.37. The summed E-state index contributed by atoms with van der Waals surface area (Å²) in [5, 5.41) is 10.6. The van der Waals surface area contributed by atoms with Crippen LogP contribution in [0.15, 0.2) is 60.9 Å². The van der Waals surface area contributed by atoms with Gasteiger partial charge < -0.3 is 19.8 Å². The van der Waals surface area contributed by atoms with Gasteiger partial charge in [-0.2, -0.15) is 5.10 Å². The van der Waals surface area contributed by atoms with Crippen molar-refractivity contribution in [1.29, 1.82) is 0 Å². The highest BCUT2D eigenvalue weighted by Gasteiger charge is 2.17. The van der Waals surface area contributed by atoms with Gasteiger partial charge in [-0.25, -0.2) is 15.0 Å². The van der Waals surface area contributed by atoms with Crippen LogP contribution in [0.1, 0.15) is 5.56 Å². The fourth-order valence-electron chi connectivity index (χ4n) is 4.32. The first kappa shape index (κ1) is 22.2. The number of aromatic nitrogens is 6. The van der Waals surface area contributed by atoms with E-state index in [9.17, 15) is 0 Å². The third-order valence-corrected chi connectivity index (χ3v) is 6.19. The quantitative estimate of drug-likeness (QED) is 0.319. The summed E-state index contributed by atoms with van der Waals surface area (Å²) in [7, 11) is 1.59. The van der Waals surface area contributed by atoms with Crippen molar-refractivity contribution in [1.82, 2.24) is 35.0 Å². The molecule has 0 spiro atoms. The first-order valence-electron chi connectivity index (χ1n) is 11.8. The molecule has 10 nitrogen and oxygen atoms in total. The highest BCUT2D eigenvalue weighted by molar-refractivity contribution is 5.83. The van der Waals surface area contributed by atoms with Crippen molar-refractivity contribution in [2.24, 2.45) is 0 Å². The van der Waals surface area contributed by atoms with E-state index in [0.717, 1.165) is 60.8 Å². The normalized spacial score (nSPS) is 14.2. The summed E-state index contributed by atoms with van der Waals surface area (Å²) in [6.07, 6.45) is 3.37. The summed E-state index contributed by atoms with van der Waals surface area (Å²) < 4.78 is 11.0. The van der Waals surface area contributed by atoms with Gasteiger partial charge in [0.1, 0.15) is 5.69 Å². The maximum Gasteiger partial charge on any atom is 0.179 e. The predicted molar refractivity (Wildman–Crippen MR) is 137 cm³/mol. The maximum atomic E-state index is 5.50. The molecule has 1 aliphatic rings. The fraction of sp³-hybridized carbons (Fsp3) is 0.231. The average molecular weight is 483 g/mol. The Kier molecular flexibility index (Phi) is 6.02. The van der Waals surface area contributed by atoms with Crippen LogP contribution in [0, 0.1) is 0 Å². The zero-order valence-electron chi connectivity index (χ0n) is 19.9. The highest BCUT2D eigenvalue weighted by atomic mass is 16.5. The fourth-order valence-corrected chi connectivity index (χ4v) is 4.32. The lowest BCUT2D eigenvalue weighted by Crippen LogP contribution is -2.35. The zero-order chi connectivity index (χ0) is 24.3. The van der Waals surface area contributed by atoms with Crippen LogP contribution in [0.4, 0.5) is 11.5 Å². The van der Waals surface area contributed by atoms with E-state index in [4.69, 9.17) is 19.4 Å². The molecule has 1 saturated heterocycles. The highest BCUT2D eigenvalue weighted by Crippen LogP contribution is 2.32. The lowest BCUT2D eigenvalue weighted by Gasteiger charge is -2.26. The second-order valence-electron chi connectivity index (χ2n) is 8.59. The van der Waals surface area contributed by atoms with Crippen LogP contribution in [-0.4, -0.2) is 68.4 Å². The van der Waals surface area contributed by atoms with Gasteiger partial charge in [-0.1, -0.05) is 36.4 Å². The molecule has 3 aromatic heterocycles. The van der Waals surface area contributed by atoms with Crippen molar-refractivity contribution < 1.29 is 9.47 Å². The summed E-state index contributed by atoms with van der Waals surface area (Å²) >= 11 is 0.